The van der Waals surface area contributed by atoms with E-state index in [4.69, 9.17) is 17.3 Å². The summed E-state index contributed by atoms with van der Waals surface area (Å²) < 4.78 is 3.96. The second-order valence-electron chi connectivity index (χ2n) is 7.03. The van der Waals surface area contributed by atoms with Gasteiger partial charge in [0.15, 0.2) is 5.11 Å². The Morgan fingerprint density at radius 2 is 1.79 bits per heavy atom. The predicted molar refractivity (Wildman–Crippen MR) is 118 cm³/mol. The van der Waals surface area contributed by atoms with E-state index in [1.54, 1.807) is 0 Å². The van der Waals surface area contributed by atoms with Gasteiger partial charge in [0.2, 0.25) is 0 Å². The monoisotopic (exact) mass is 396 g/mol. The number of nitrogens with zero attached hydrogens (tertiary/aromatic N) is 4. The third-order valence-corrected chi connectivity index (χ3v) is 5.26. The van der Waals surface area contributed by atoms with E-state index in [1.165, 1.54) is 11.1 Å². The molecule has 0 unspecified atom stereocenters. The Morgan fingerprint density at radius 3 is 2.46 bits per heavy atom. The number of rotatable bonds is 6. The third kappa shape index (κ3) is 4.42. The lowest BCUT2D eigenvalue weighted by Gasteiger charge is -2.11. The van der Waals surface area contributed by atoms with Gasteiger partial charge >= 0.3 is 0 Å². The molecule has 2 aromatic heterocycles. The molecule has 0 spiro atoms. The van der Waals surface area contributed by atoms with Gasteiger partial charge in [-0.05, 0) is 58.0 Å². The lowest BCUT2D eigenvalue weighted by molar-refractivity contribution is 0.653. The first-order valence-electron chi connectivity index (χ1n) is 9.55. The van der Waals surface area contributed by atoms with Crippen LogP contribution in [-0.4, -0.2) is 24.7 Å². The maximum Gasteiger partial charge on any atom is 0.171 e. The molecule has 0 fully saturated rings. The molecule has 0 saturated carbocycles. The van der Waals surface area contributed by atoms with Crippen LogP contribution in [0.25, 0.3) is 0 Å². The Balaban J connectivity index is 1.67. The van der Waals surface area contributed by atoms with Crippen molar-refractivity contribution in [2.75, 3.05) is 5.32 Å². The van der Waals surface area contributed by atoms with Gasteiger partial charge < -0.3 is 10.6 Å². The molecule has 7 heteroatoms. The van der Waals surface area contributed by atoms with Crippen molar-refractivity contribution in [3.05, 3.63) is 64.2 Å². The van der Waals surface area contributed by atoms with E-state index in [0.717, 1.165) is 41.4 Å². The first kappa shape index (κ1) is 20.1. The van der Waals surface area contributed by atoms with E-state index in [9.17, 15) is 0 Å². The zero-order valence-corrected chi connectivity index (χ0v) is 18.0. The van der Waals surface area contributed by atoms with Crippen LogP contribution in [0.15, 0.2) is 30.5 Å². The zero-order valence-electron chi connectivity index (χ0n) is 17.2. The van der Waals surface area contributed by atoms with Crippen molar-refractivity contribution < 1.29 is 0 Å². The van der Waals surface area contributed by atoms with E-state index >= 15 is 0 Å². The highest BCUT2D eigenvalue weighted by Gasteiger charge is 2.14. The standard InChI is InChI=1S/C21H28N6S/c1-6-26-12-19(15(3)24-26)11-22-21(28)23-20-16(4)25-27(17(20)5)13-18-10-8-7-9-14(18)2/h7-10,12H,6,11,13H2,1-5H3,(H2,22,23,28). The second-order valence-corrected chi connectivity index (χ2v) is 7.44. The number of aryl methyl sites for hydroxylation is 4. The van der Waals surface area contributed by atoms with E-state index in [2.05, 4.69) is 67.0 Å². The van der Waals surface area contributed by atoms with Crippen LogP contribution >= 0.6 is 12.2 Å². The Kier molecular flexibility index (Phi) is 6.14. The highest BCUT2D eigenvalue weighted by molar-refractivity contribution is 7.80. The van der Waals surface area contributed by atoms with Gasteiger partial charge in [-0.15, -0.1) is 0 Å². The highest BCUT2D eigenvalue weighted by atomic mass is 32.1. The Bertz CT molecular complexity index is 985. The molecular weight excluding hydrogens is 368 g/mol. The molecule has 0 aliphatic rings. The fourth-order valence-electron chi connectivity index (χ4n) is 3.21. The van der Waals surface area contributed by atoms with Crippen molar-refractivity contribution >= 4 is 23.0 Å². The van der Waals surface area contributed by atoms with Gasteiger partial charge in [-0.25, -0.2) is 0 Å². The van der Waals surface area contributed by atoms with Crippen molar-refractivity contribution in [3.63, 3.8) is 0 Å². The number of nitrogens with one attached hydrogen (secondary N) is 2. The minimum atomic E-state index is 0.588. The topological polar surface area (TPSA) is 59.7 Å². The molecule has 0 aliphatic carbocycles. The summed E-state index contributed by atoms with van der Waals surface area (Å²) >= 11 is 5.51. The van der Waals surface area contributed by atoms with Crippen LogP contribution in [0, 0.1) is 27.7 Å². The van der Waals surface area contributed by atoms with Gasteiger partial charge in [-0.3, -0.25) is 9.36 Å². The molecule has 0 amide bonds. The van der Waals surface area contributed by atoms with E-state index in [-0.39, 0.29) is 0 Å². The Hall–Kier alpha value is -2.67. The van der Waals surface area contributed by atoms with Gasteiger partial charge in [-0.1, -0.05) is 24.3 Å². The first-order chi connectivity index (χ1) is 13.4. The molecule has 0 atom stereocenters. The molecule has 2 heterocycles. The number of aromatic nitrogens is 4. The summed E-state index contributed by atoms with van der Waals surface area (Å²) in [4.78, 5) is 0. The number of hydrogen-bond donors (Lipinski definition) is 2. The van der Waals surface area contributed by atoms with Crippen LogP contribution < -0.4 is 10.6 Å². The molecule has 3 aromatic rings. The first-order valence-corrected chi connectivity index (χ1v) is 9.96. The molecule has 2 N–H and O–H groups in total. The van der Waals surface area contributed by atoms with Crippen molar-refractivity contribution in [1.29, 1.82) is 0 Å². The molecule has 0 radical (unpaired) electrons. The lowest BCUT2D eigenvalue weighted by Crippen LogP contribution is -2.28. The molecule has 148 valence electrons. The summed E-state index contributed by atoms with van der Waals surface area (Å²) in [6.45, 7) is 12.5. The SMILES string of the molecule is CCn1cc(CNC(=S)Nc2c(C)nn(Cc3ccccc3C)c2C)c(C)n1. The smallest absolute Gasteiger partial charge is 0.171 e. The van der Waals surface area contributed by atoms with Crippen molar-refractivity contribution in [2.24, 2.45) is 0 Å². The quantitative estimate of drug-likeness (QED) is 0.620. The zero-order chi connectivity index (χ0) is 20.3. The predicted octanol–water partition coefficient (Wildman–Crippen LogP) is 3.87. The fraction of sp³-hybridized carbons (Fsp3) is 0.381. The molecule has 0 saturated heterocycles. The molecule has 1 aromatic carbocycles. The van der Waals surface area contributed by atoms with Crippen LogP contribution in [0.4, 0.5) is 5.69 Å². The van der Waals surface area contributed by atoms with Crippen molar-refractivity contribution in [3.8, 4) is 0 Å². The molecule has 6 nitrogen and oxygen atoms in total. The van der Waals surface area contributed by atoms with Gasteiger partial charge in [0.25, 0.3) is 0 Å². The minimum Gasteiger partial charge on any atom is -0.358 e. The summed E-state index contributed by atoms with van der Waals surface area (Å²) in [5.74, 6) is 0. The number of hydrogen-bond acceptors (Lipinski definition) is 3. The van der Waals surface area contributed by atoms with E-state index in [0.29, 0.717) is 11.7 Å². The molecule has 0 aliphatic heterocycles. The van der Waals surface area contributed by atoms with Crippen LogP contribution in [0.1, 0.15) is 40.7 Å². The summed E-state index contributed by atoms with van der Waals surface area (Å²) in [5, 5.41) is 16.4. The summed E-state index contributed by atoms with van der Waals surface area (Å²) in [6.07, 6.45) is 2.06. The average molecular weight is 397 g/mol. The highest BCUT2D eigenvalue weighted by Crippen LogP contribution is 2.21. The van der Waals surface area contributed by atoms with Crippen LogP contribution in [0.2, 0.25) is 0 Å². The second kappa shape index (κ2) is 8.56. The lowest BCUT2D eigenvalue weighted by atomic mass is 10.1. The van der Waals surface area contributed by atoms with Crippen LogP contribution in [0.3, 0.4) is 0 Å². The van der Waals surface area contributed by atoms with E-state index in [1.807, 2.05) is 23.2 Å². The van der Waals surface area contributed by atoms with E-state index < -0.39 is 0 Å². The number of anilines is 1. The van der Waals surface area contributed by atoms with Gasteiger partial charge in [0.05, 0.1) is 29.3 Å². The number of benzene rings is 1. The summed E-state index contributed by atoms with van der Waals surface area (Å²) in [5.41, 5.74) is 7.68. The third-order valence-electron chi connectivity index (χ3n) is 5.01. The maximum absolute atomic E-state index is 5.51. The van der Waals surface area contributed by atoms with Crippen LogP contribution in [-0.2, 0) is 19.6 Å². The van der Waals surface area contributed by atoms with Gasteiger partial charge in [-0.2, -0.15) is 10.2 Å². The molecule has 28 heavy (non-hydrogen) atoms. The van der Waals surface area contributed by atoms with Crippen molar-refractivity contribution in [2.45, 2.75) is 54.3 Å². The average Bonchev–Trinajstić information content (AvgIpc) is 3.16. The Morgan fingerprint density at radius 1 is 1.04 bits per heavy atom. The van der Waals surface area contributed by atoms with Crippen LogP contribution in [0.5, 0.6) is 0 Å². The van der Waals surface area contributed by atoms with Crippen molar-refractivity contribution in [1.82, 2.24) is 24.9 Å². The van der Waals surface area contributed by atoms with Gasteiger partial charge in [0.1, 0.15) is 0 Å². The number of thiocarbonyl (C=S) groups is 1. The fourth-order valence-corrected chi connectivity index (χ4v) is 3.38. The maximum atomic E-state index is 5.51. The largest absolute Gasteiger partial charge is 0.358 e. The summed E-state index contributed by atoms with van der Waals surface area (Å²) in [7, 11) is 0. The molecule has 0 bridgehead atoms. The molecular formula is C21H28N6S. The normalized spacial score (nSPS) is 10.9. The Labute approximate surface area is 172 Å². The minimum absolute atomic E-state index is 0.588. The summed E-state index contributed by atoms with van der Waals surface area (Å²) in [6, 6.07) is 8.39. The molecule has 3 rings (SSSR count). The van der Waals surface area contributed by atoms with Gasteiger partial charge in [0, 0.05) is 24.8 Å².